The minimum atomic E-state index is -0.406. The molecule has 1 aliphatic carbocycles. The predicted molar refractivity (Wildman–Crippen MR) is 74.6 cm³/mol. The average Bonchev–Trinajstić information content (AvgIpc) is 2.39. The van der Waals surface area contributed by atoms with Gasteiger partial charge in [0.1, 0.15) is 5.82 Å². The summed E-state index contributed by atoms with van der Waals surface area (Å²) in [4.78, 5) is 12.0. The monoisotopic (exact) mass is 263 g/mol. The minimum Gasteiger partial charge on any atom is -0.352 e. The number of carbonyl (C=O) groups excluding carboxylic acids is 1. The molecule has 1 amide bonds. The molecule has 0 saturated heterocycles. The van der Waals surface area contributed by atoms with Gasteiger partial charge in [0.15, 0.2) is 0 Å². The van der Waals surface area contributed by atoms with Gasteiger partial charge in [-0.2, -0.15) is 0 Å². The maximum absolute atomic E-state index is 13.8. The fraction of sp³-hybridized carbons (Fsp3) is 0.562. The Morgan fingerprint density at radius 2 is 2.21 bits per heavy atom. The van der Waals surface area contributed by atoms with Crippen molar-refractivity contribution >= 4 is 5.91 Å². The van der Waals surface area contributed by atoms with Crippen molar-refractivity contribution in [2.45, 2.75) is 39.5 Å². The van der Waals surface area contributed by atoms with Gasteiger partial charge in [-0.25, -0.2) is 4.39 Å². The van der Waals surface area contributed by atoms with Crippen molar-refractivity contribution < 1.29 is 9.18 Å². The van der Waals surface area contributed by atoms with Crippen LogP contribution in [0.15, 0.2) is 18.2 Å². The fourth-order valence-corrected chi connectivity index (χ4v) is 2.90. The normalized spacial score (nSPS) is 23.1. The van der Waals surface area contributed by atoms with E-state index >= 15 is 0 Å². The molecule has 2 rings (SSSR count). The minimum absolute atomic E-state index is 0.156. The smallest absolute Gasteiger partial charge is 0.254 e. The first-order valence-corrected chi connectivity index (χ1v) is 7.11. The van der Waals surface area contributed by atoms with Crippen molar-refractivity contribution in [3.05, 3.63) is 35.1 Å². The zero-order chi connectivity index (χ0) is 13.8. The Kier molecular flexibility index (Phi) is 4.56. The molecule has 1 aromatic carbocycles. The number of hydrogen-bond donors (Lipinski definition) is 1. The molecule has 1 aliphatic rings. The van der Waals surface area contributed by atoms with Crippen LogP contribution in [0, 0.1) is 24.6 Å². The van der Waals surface area contributed by atoms with Gasteiger partial charge in [-0.1, -0.05) is 31.9 Å². The summed E-state index contributed by atoms with van der Waals surface area (Å²) in [6.07, 6.45) is 4.86. The first-order valence-electron chi connectivity index (χ1n) is 7.11. The third-order valence-electron chi connectivity index (χ3n) is 4.03. The molecule has 0 bridgehead atoms. The Morgan fingerprint density at radius 1 is 1.42 bits per heavy atom. The van der Waals surface area contributed by atoms with E-state index in [2.05, 4.69) is 12.2 Å². The van der Waals surface area contributed by atoms with Gasteiger partial charge >= 0.3 is 0 Å². The summed E-state index contributed by atoms with van der Waals surface area (Å²) in [6, 6.07) is 4.94. The van der Waals surface area contributed by atoms with Crippen LogP contribution in [-0.2, 0) is 0 Å². The number of carbonyl (C=O) groups is 1. The van der Waals surface area contributed by atoms with Crippen LogP contribution in [0.3, 0.4) is 0 Å². The Morgan fingerprint density at radius 3 is 2.95 bits per heavy atom. The van der Waals surface area contributed by atoms with E-state index in [-0.39, 0.29) is 11.5 Å². The Labute approximate surface area is 114 Å². The Balaban J connectivity index is 1.92. The number of amides is 1. The van der Waals surface area contributed by atoms with Crippen LogP contribution >= 0.6 is 0 Å². The molecule has 2 nitrogen and oxygen atoms in total. The first-order chi connectivity index (χ1) is 9.08. The highest BCUT2D eigenvalue weighted by molar-refractivity contribution is 5.94. The number of aryl methyl sites for hydroxylation is 1. The average molecular weight is 263 g/mol. The van der Waals surface area contributed by atoms with Gasteiger partial charge in [0.05, 0.1) is 5.56 Å². The zero-order valence-electron chi connectivity index (χ0n) is 11.7. The molecule has 3 heteroatoms. The molecule has 0 spiro atoms. The fourth-order valence-electron chi connectivity index (χ4n) is 2.90. The third kappa shape index (κ3) is 3.55. The second-order valence-electron chi connectivity index (χ2n) is 5.78. The first kappa shape index (κ1) is 14.0. The molecule has 0 heterocycles. The van der Waals surface area contributed by atoms with Crippen molar-refractivity contribution in [3.63, 3.8) is 0 Å². The van der Waals surface area contributed by atoms with Crippen LogP contribution in [0.4, 0.5) is 4.39 Å². The molecule has 1 fully saturated rings. The second kappa shape index (κ2) is 6.18. The molecule has 0 radical (unpaired) electrons. The molecule has 2 atom stereocenters. The quantitative estimate of drug-likeness (QED) is 0.885. The second-order valence-corrected chi connectivity index (χ2v) is 5.78. The summed E-state index contributed by atoms with van der Waals surface area (Å²) in [5.74, 6) is 0.586. The van der Waals surface area contributed by atoms with Gasteiger partial charge in [-0.15, -0.1) is 0 Å². The van der Waals surface area contributed by atoms with E-state index in [0.29, 0.717) is 18.0 Å². The van der Waals surface area contributed by atoms with E-state index in [0.717, 1.165) is 12.3 Å². The summed E-state index contributed by atoms with van der Waals surface area (Å²) in [6.45, 7) is 4.60. The van der Waals surface area contributed by atoms with E-state index < -0.39 is 5.82 Å². The highest BCUT2D eigenvalue weighted by atomic mass is 19.1. The lowest BCUT2D eigenvalue weighted by atomic mass is 9.82. The van der Waals surface area contributed by atoms with E-state index in [1.165, 1.54) is 19.3 Å². The molecule has 1 N–H and O–H groups in total. The van der Waals surface area contributed by atoms with Crippen LogP contribution in [0.2, 0.25) is 0 Å². The zero-order valence-corrected chi connectivity index (χ0v) is 11.7. The van der Waals surface area contributed by atoms with Crippen LogP contribution in [-0.4, -0.2) is 12.5 Å². The molecule has 1 aromatic rings. The molecule has 2 unspecified atom stereocenters. The predicted octanol–water partition coefficient (Wildman–Crippen LogP) is 3.69. The van der Waals surface area contributed by atoms with E-state index in [1.807, 2.05) is 0 Å². The van der Waals surface area contributed by atoms with Crippen molar-refractivity contribution in [2.24, 2.45) is 11.8 Å². The number of hydrogen-bond acceptors (Lipinski definition) is 1. The molecule has 19 heavy (non-hydrogen) atoms. The summed E-state index contributed by atoms with van der Waals surface area (Å²) in [7, 11) is 0. The molecule has 104 valence electrons. The SMILES string of the molecule is Cc1cccc(C(=O)NCC2CCCC(C)C2)c1F. The maximum Gasteiger partial charge on any atom is 0.254 e. The summed E-state index contributed by atoms with van der Waals surface area (Å²) in [5.41, 5.74) is 0.669. The molecular weight excluding hydrogens is 241 g/mol. The Bertz CT molecular complexity index is 458. The van der Waals surface area contributed by atoms with Crippen molar-refractivity contribution in [2.75, 3.05) is 6.54 Å². The van der Waals surface area contributed by atoms with E-state index in [4.69, 9.17) is 0 Å². The third-order valence-corrected chi connectivity index (χ3v) is 4.03. The van der Waals surface area contributed by atoms with Gasteiger partial charge in [-0.05, 0) is 43.2 Å². The molecular formula is C16H22FNO. The van der Waals surface area contributed by atoms with Crippen LogP contribution in [0.5, 0.6) is 0 Å². The van der Waals surface area contributed by atoms with Gasteiger partial charge in [0.2, 0.25) is 0 Å². The van der Waals surface area contributed by atoms with Crippen LogP contribution in [0.1, 0.15) is 48.5 Å². The van der Waals surface area contributed by atoms with Crippen molar-refractivity contribution in [1.82, 2.24) is 5.32 Å². The van der Waals surface area contributed by atoms with Gasteiger partial charge < -0.3 is 5.32 Å². The van der Waals surface area contributed by atoms with Gasteiger partial charge in [0.25, 0.3) is 5.91 Å². The summed E-state index contributed by atoms with van der Waals surface area (Å²) in [5, 5.41) is 2.88. The van der Waals surface area contributed by atoms with Gasteiger partial charge in [0, 0.05) is 6.54 Å². The maximum atomic E-state index is 13.8. The van der Waals surface area contributed by atoms with Crippen LogP contribution < -0.4 is 5.32 Å². The molecule has 1 saturated carbocycles. The highest BCUT2D eigenvalue weighted by Crippen LogP contribution is 2.28. The van der Waals surface area contributed by atoms with E-state index in [9.17, 15) is 9.18 Å². The summed E-state index contributed by atoms with van der Waals surface area (Å²) >= 11 is 0. The largest absolute Gasteiger partial charge is 0.352 e. The standard InChI is InChI=1S/C16H22FNO/c1-11-5-3-7-13(9-11)10-18-16(19)14-8-4-6-12(2)15(14)17/h4,6,8,11,13H,3,5,7,9-10H2,1-2H3,(H,18,19). The number of halogens is 1. The lowest BCUT2D eigenvalue weighted by Crippen LogP contribution is -2.32. The van der Waals surface area contributed by atoms with Gasteiger partial charge in [-0.3, -0.25) is 4.79 Å². The van der Waals surface area contributed by atoms with E-state index in [1.54, 1.807) is 25.1 Å². The molecule has 0 aromatic heterocycles. The highest BCUT2D eigenvalue weighted by Gasteiger charge is 2.20. The number of benzene rings is 1. The summed E-state index contributed by atoms with van der Waals surface area (Å²) < 4.78 is 13.8. The Hall–Kier alpha value is -1.38. The lowest BCUT2D eigenvalue weighted by Gasteiger charge is -2.26. The number of rotatable bonds is 3. The van der Waals surface area contributed by atoms with Crippen molar-refractivity contribution in [3.8, 4) is 0 Å². The van der Waals surface area contributed by atoms with Crippen molar-refractivity contribution in [1.29, 1.82) is 0 Å². The van der Waals surface area contributed by atoms with Crippen LogP contribution in [0.25, 0.3) is 0 Å². The topological polar surface area (TPSA) is 29.1 Å². The lowest BCUT2D eigenvalue weighted by molar-refractivity contribution is 0.0936. The molecule has 0 aliphatic heterocycles. The number of nitrogens with one attached hydrogen (secondary N) is 1.